The number of hydrogen-bond donors (Lipinski definition) is 0. The summed E-state index contributed by atoms with van der Waals surface area (Å²) in [6.07, 6.45) is 2.93. The Morgan fingerprint density at radius 2 is 2.04 bits per heavy atom. The fourth-order valence-corrected chi connectivity index (χ4v) is 4.04. The third-order valence-corrected chi connectivity index (χ3v) is 5.89. The molecule has 3 rings (SSSR count). The summed E-state index contributed by atoms with van der Waals surface area (Å²) in [6.45, 7) is 8.90. The molecule has 0 saturated carbocycles. The maximum atomic E-state index is 12.5. The molecule has 0 aromatic carbocycles. The van der Waals surface area contributed by atoms with Gasteiger partial charge in [-0.15, -0.1) is 0 Å². The van der Waals surface area contributed by atoms with Gasteiger partial charge in [-0.3, -0.25) is 9.59 Å². The second-order valence-corrected chi connectivity index (χ2v) is 7.84. The minimum absolute atomic E-state index is 0.0573. The number of rotatable bonds is 2. The van der Waals surface area contributed by atoms with Crippen LogP contribution in [-0.4, -0.2) is 35.5 Å². The van der Waals surface area contributed by atoms with Crippen LogP contribution in [0.5, 0.6) is 0 Å². The van der Waals surface area contributed by atoms with E-state index in [1.54, 1.807) is 33.8 Å². The summed E-state index contributed by atoms with van der Waals surface area (Å²) in [6, 6.07) is 0. The van der Waals surface area contributed by atoms with Crippen molar-refractivity contribution in [3.8, 4) is 0 Å². The maximum absolute atomic E-state index is 12.5. The summed E-state index contributed by atoms with van der Waals surface area (Å²) in [5, 5.41) is 0. The van der Waals surface area contributed by atoms with E-state index < -0.39 is 23.6 Å². The van der Waals surface area contributed by atoms with Crippen molar-refractivity contribution in [2.24, 2.45) is 17.8 Å². The van der Waals surface area contributed by atoms with Crippen molar-refractivity contribution < 1.29 is 28.6 Å². The lowest BCUT2D eigenvalue weighted by molar-refractivity contribution is -0.155. The van der Waals surface area contributed by atoms with E-state index in [9.17, 15) is 14.4 Å². The van der Waals surface area contributed by atoms with Crippen molar-refractivity contribution in [2.75, 3.05) is 0 Å². The van der Waals surface area contributed by atoms with Crippen molar-refractivity contribution in [1.82, 2.24) is 0 Å². The number of hydrogen-bond acceptors (Lipinski definition) is 6. The van der Waals surface area contributed by atoms with Crippen LogP contribution in [0.3, 0.4) is 0 Å². The third-order valence-electron chi connectivity index (χ3n) is 5.89. The zero-order valence-electron chi connectivity index (χ0n) is 15.9. The molecule has 2 bridgehead atoms. The number of carbonyl (C=O) groups excluding carboxylic acids is 3. The third kappa shape index (κ3) is 3.06. The molecular weight excluding hydrogens is 336 g/mol. The zero-order chi connectivity index (χ0) is 19.2. The smallest absolute Gasteiger partial charge is 0.333 e. The van der Waals surface area contributed by atoms with Crippen molar-refractivity contribution in [2.45, 2.75) is 65.3 Å². The van der Waals surface area contributed by atoms with E-state index in [0.717, 1.165) is 0 Å². The van der Waals surface area contributed by atoms with Crippen LogP contribution in [0.15, 0.2) is 23.5 Å². The van der Waals surface area contributed by atoms with Gasteiger partial charge in [-0.1, -0.05) is 19.9 Å². The molecule has 0 aliphatic carbocycles. The Kier molecular flexibility index (Phi) is 4.71. The highest BCUT2D eigenvalue weighted by atomic mass is 16.6. The lowest BCUT2D eigenvalue weighted by Gasteiger charge is -2.32. The van der Waals surface area contributed by atoms with Crippen LogP contribution >= 0.6 is 0 Å². The van der Waals surface area contributed by atoms with E-state index in [1.807, 2.05) is 6.92 Å². The fourth-order valence-electron chi connectivity index (χ4n) is 4.04. The van der Waals surface area contributed by atoms with E-state index in [0.29, 0.717) is 17.8 Å². The average molecular weight is 362 g/mol. The Morgan fingerprint density at radius 3 is 2.69 bits per heavy atom. The normalized spacial score (nSPS) is 39.8. The first-order valence-corrected chi connectivity index (χ1v) is 9.15. The molecular formula is C20H26O6. The number of ether oxygens (including phenoxy) is 3. The molecule has 142 valence electrons. The topological polar surface area (TPSA) is 78.9 Å². The highest BCUT2D eigenvalue weighted by molar-refractivity contribution is 5.99. The first kappa shape index (κ1) is 18.7. The van der Waals surface area contributed by atoms with E-state index in [1.165, 1.54) is 6.08 Å². The quantitative estimate of drug-likeness (QED) is 0.555. The van der Waals surface area contributed by atoms with E-state index >= 15 is 0 Å². The van der Waals surface area contributed by atoms with Crippen LogP contribution in [-0.2, 0) is 28.6 Å². The minimum Gasteiger partial charge on any atom is -0.483 e. The van der Waals surface area contributed by atoms with Crippen molar-refractivity contribution >= 4 is 17.7 Å². The predicted octanol–water partition coefficient (Wildman–Crippen LogP) is 2.71. The summed E-state index contributed by atoms with van der Waals surface area (Å²) in [5.74, 6) is -0.999. The summed E-state index contributed by atoms with van der Waals surface area (Å²) < 4.78 is 17.4. The molecule has 0 aromatic rings. The van der Waals surface area contributed by atoms with Gasteiger partial charge in [-0.05, 0) is 27.2 Å². The van der Waals surface area contributed by atoms with Gasteiger partial charge >= 0.3 is 11.9 Å². The van der Waals surface area contributed by atoms with Crippen LogP contribution in [0.4, 0.5) is 0 Å². The Bertz CT molecular complexity index is 705. The lowest BCUT2D eigenvalue weighted by Crippen LogP contribution is -2.44. The van der Waals surface area contributed by atoms with Gasteiger partial charge < -0.3 is 14.2 Å². The van der Waals surface area contributed by atoms with Gasteiger partial charge in [0.05, 0.1) is 5.92 Å². The Morgan fingerprint density at radius 1 is 1.35 bits per heavy atom. The highest BCUT2D eigenvalue weighted by Gasteiger charge is 2.54. The van der Waals surface area contributed by atoms with Gasteiger partial charge in [-0.25, -0.2) is 4.79 Å². The molecule has 0 unspecified atom stereocenters. The molecule has 3 aliphatic rings. The molecule has 0 radical (unpaired) electrons. The lowest BCUT2D eigenvalue weighted by atomic mass is 9.78. The van der Waals surface area contributed by atoms with Crippen LogP contribution in [0, 0.1) is 17.8 Å². The maximum Gasteiger partial charge on any atom is 0.333 e. The summed E-state index contributed by atoms with van der Waals surface area (Å²) in [4.78, 5) is 37.2. The molecule has 3 heterocycles. The van der Waals surface area contributed by atoms with E-state index in [4.69, 9.17) is 14.2 Å². The zero-order valence-corrected chi connectivity index (χ0v) is 15.9. The second-order valence-electron chi connectivity index (χ2n) is 7.84. The molecule has 26 heavy (non-hydrogen) atoms. The number of allylic oxidation sites excluding steroid dienone is 2. The molecule has 6 nitrogen and oxygen atoms in total. The largest absolute Gasteiger partial charge is 0.483 e. The van der Waals surface area contributed by atoms with Crippen molar-refractivity contribution in [3.63, 3.8) is 0 Å². The monoisotopic (exact) mass is 362 g/mol. The van der Waals surface area contributed by atoms with Gasteiger partial charge in [0.25, 0.3) is 0 Å². The van der Waals surface area contributed by atoms with Crippen LogP contribution in [0.2, 0.25) is 0 Å². The molecule has 6 heteroatoms. The molecule has 0 aromatic heterocycles. The summed E-state index contributed by atoms with van der Waals surface area (Å²) in [7, 11) is 0. The first-order valence-electron chi connectivity index (χ1n) is 9.15. The fraction of sp³-hybridized carbons (Fsp3) is 0.650. The van der Waals surface area contributed by atoms with E-state index in [-0.39, 0.29) is 36.1 Å². The van der Waals surface area contributed by atoms with Gasteiger partial charge in [-0.2, -0.15) is 0 Å². The molecule has 0 amide bonds. The summed E-state index contributed by atoms with van der Waals surface area (Å²) in [5.41, 5.74) is -0.603. The Hall–Kier alpha value is -2.11. The SMILES string of the molecule is C/C=C(/C)C(=O)O[C@H]1C[C@@]2(C)OC(=CC2=O)[C@@H](C)C[C@H]2OC(=O)[C@@H](C)[C@H]12. The Balaban J connectivity index is 1.99. The van der Waals surface area contributed by atoms with Crippen molar-refractivity contribution in [1.29, 1.82) is 0 Å². The van der Waals surface area contributed by atoms with Gasteiger partial charge in [0.2, 0.25) is 5.78 Å². The number of fused-ring (bicyclic) bond motifs is 3. The standard InChI is InChI=1S/C20H26O6/c1-6-10(2)18(22)25-15-9-20(5)16(21)8-13(26-20)11(3)7-14-17(15)12(4)19(23)24-14/h6,8,11-12,14-15,17H,7,9H2,1-5H3/b10-6-/t11-,12-,14+,15-,17-,20+/m0/s1. The molecule has 2 fully saturated rings. The molecule has 2 saturated heterocycles. The second kappa shape index (κ2) is 6.56. The summed E-state index contributed by atoms with van der Waals surface area (Å²) >= 11 is 0. The van der Waals surface area contributed by atoms with Crippen molar-refractivity contribution in [3.05, 3.63) is 23.5 Å². The van der Waals surface area contributed by atoms with Crippen LogP contribution < -0.4 is 0 Å². The van der Waals surface area contributed by atoms with Crippen LogP contribution in [0.1, 0.15) is 47.5 Å². The molecule has 0 N–H and O–H groups in total. The van der Waals surface area contributed by atoms with Gasteiger partial charge in [0.1, 0.15) is 18.0 Å². The number of carbonyl (C=O) groups is 3. The van der Waals surface area contributed by atoms with Gasteiger partial charge in [0.15, 0.2) is 5.60 Å². The highest BCUT2D eigenvalue weighted by Crippen LogP contribution is 2.45. The van der Waals surface area contributed by atoms with E-state index in [2.05, 4.69) is 0 Å². The predicted molar refractivity (Wildman–Crippen MR) is 92.8 cm³/mol. The van der Waals surface area contributed by atoms with Gasteiger partial charge in [0, 0.05) is 29.9 Å². The molecule has 0 spiro atoms. The Labute approximate surface area is 153 Å². The van der Waals surface area contributed by atoms with Crippen LogP contribution in [0.25, 0.3) is 0 Å². The number of esters is 2. The number of ketones is 1. The first-order chi connectivity index (χ1) is 12.2. The molecule has 3 aliphatic heterocycles. The molecule has 6 atom stereocenters. The average Bonchev–Trinajstić information content (AvgIpc) is 3.03. The minimum atomic E-state index is -1.08.